The van der Waals surface area contributed by atoms with E-state index in [1.54, 1.807) is 35.4 Å². The molecule has 1 fully saturated rings. The lowest BCUT2D eigenvalue weighted by Crippen LogP contribution is -2.41. The largest absolute Gasteiger partial charge is 0.324 e. The van der Waals surface area contributed by atoms with Gasteiger partial charge in [0.2, 0.25) is 0 Å². The van der Waals surface area contributed by atoms with Crippen molar-refractivity contribution >= 4 is 28.7 Å². The summed E-state index contributed by atoms with van der Waals surface area (Å²) in [5.41, 5.74) is 1.29. The molecule has 24 heavy (non-hydrogen) atoms. The molecular weight excluding hydrogens is 328 g/mol. The Kier molecular flexibility index (Phi) is 4.75. The predicted octanol–water partition coefficient (Wildman–Crippen LogP) is 3.77. The zero-order valence-corrected chi connectivity index (χ0v) is 14.1. The van der Waals surface area contributed by atoms with Gasteiger partial charge in [0.15, 0.2) is 0 Å². The molecule has 1 saturated heterocycles. The molecule has 0 aliphatic carbocycles. The van der Waals surface area contributed by atoms with Crippen molar-refractivity contribution < 1.29 is 9.72 Å². The number of carbonyl (C=O) groups is 1. The van der Waals surface area contributed by atoms with E-state index >= 15 is 0 Å². The van der Waals surface area contributed by atoms with Crippen LogP contribution < -0.4 is 5.32 Å². The summed E-state index contributed by atoms with van der Waals surface area (Å²) in [4.78, 5) is 29.0. The molecule has 0 radical (unpaired) electrons. The Morgan fingerprint density at radius 3 is 3.00 bits per heavy atom. The van der Waals surface area contributed by atoms with Crippen LogP contribution in [0.3, 0.4) is 0 Å². The van der Waals surface area contributed by atoms with Crippen molar-refractivity contribution in [3.05, 3.63) is 50.5 Å². The van der Waals surface area contributed by atoms with Gasteiger partial charge in [-0.1, -0.05) is 0 Å². The van der Waals surface area contributed by atoms with E-state index in [4.69, 9.17) is 0 Å². The van der Waals surface area contributed by atoms with Gasteiger partial charge in [-0.15, -0.1) is 11.3 Å². The van der Waals surface area contributed by atoms with Gasteiger partial charge in [-0.3, -0.25) is 10.1 Å². The molecule has 126 valence electrons. The number of aromatic nitrogens is 1. The Hall–Kier alpha value is -2.48. The second-order valence-corrected chi connectivity index (χ2v) is 6.77. The molecule has 1 N–H and O–H groups in total. The highest BCUT2D eigenvalue weighted by Gasteiger charge is 2.26. The molecule has 1 aromatic heterocycles. The maximum absolute atomic E-state index is 12.5. The van der Waals surface area contributed by atoms with Crippen molar-refractivity contribution in [1.82, 2.24) is 9.88 Å². The summed E-state index contributed by atoms with van der Waals surface area (Å²) >= 11 is 1.62. The topological polar surface area (TPSA) is 88.4 Å². The lowest BCUT2D eigenvalue weighted by Gasteiger charge is -2.32. The first kappa shape index (κ1) is 16.4. The third kappa shape index (κ3) is 3.53. The number of likely N-dealkylation sites (tertiary alicyclic amines) is 1. The number of nitrogens with one attached hydrogen (secondary N) is 1. The number of rotatable bonds is 3. The number of nitro groups is 1. The molecule has 2 amide bonds. The number of amides is 2. The number of non-ortho nitro benzene ring substituents is 1. The van der Waals surface area contributed by atoms with Crippen molar-refractivity contribution in [3.63, 3.8) is 0 Å². The maximum atomic E-state index is 12.5. The van der Waals surface area contributed by atoms with Crippen LogP contribution in [0.2, 0.25) is 0 Å². The van der Waals surface area contributed by atoms with Gasteiger partial charge >= 0.3 is 6.03 Å². The number of benzene rings is 1. The summed E-state index contributed by atoms with van der Waals surface area (Å²) in [6.45, 7) is 3.10. The SMILES string of the molecule is Cc1cc([N+](=O)[O-])ccc1NC(=O)N1CCCC(c2nccs2)C1. The van der Waals surface area contributed by atoms with E-state index in [1.807, 2.05) is 5.38 Å². The average molecular weight is 346 g/mol. The molecule has 2 aromatic rings. The number of aryl methyl sites for hydroxylation is 1. The normalized spacial score (nSPS) is 17.5. The van der Waals surface area contributed by atoms with E-state index in [-0.39, 0.29) is 17.6 Å². The maximum Gasteiger partial charge on any atom is 0.321 e. The third-order valence-corrected chi connectivity index (χ3v) is 5.11. The smallest absolute Gasteiger partial charge is 0.321 e. The van der Waals surface area contributed by atoms with E-state index in [0.29, 0.717) is 24.3 Å². The van der Waals surface area contributed by atoms with Crippen LogP contribution >= 0.6 is 11.3 Å². The summed E-state index contributed by atoms with van der Waals surface area (Å²) in [6.07, 6.45) is 3.77. The number of urea groups is 1. The molecule has 0 saturated carbocycles. The van der Waals surface area contributed by atoms with Gasteiger partial charge in [-0.25, -0.2) is 9.78 Å². The number of carbonyl (C=O) groups excluding carboxylic acids is 1. The molecule has 0 spiro atoms. The number of hydrogen-bond acceptors (Lipinski definition) is 5. The van der Waals surface area contributed by atoms with Gasteiger partial charge in [-0.05, 0) is 31.4 Å². The Bertz CT molecular complexity index is 748. The molecule has 3 rings (SSSR count). The second-order valence-electron chi connectivity index (χ2n) is 5.84. The number of anilines is 1. The van der Waals surface area contributed by atoms with Crippen LogP contribution in [0, 0.1) is 17.0 Å². The molecule has 7 nitrogen and oxygen atoms in total. The molecular formula is C16H18N4O3S. The van der Waals surface area contributed by atoms with E-state index in [0.717, 1.165) is 17.8 Å². The average Bonchev–Trinajstić information content (AvgIpc) is 3.11. The molecule has 1 unspecified atom stereocenters. The zero-order chi connectivity index (χ0) is 17.1. The fourth-order valence-corrected chi connectivity index (χ4v) is 3.66. The number of nitro benzene ring substituents is 1. The zero-order valence-electron chi connectivity index (χ0n) is 13.3. The standard InChI is InChI=1S/C16H18N4O3S/c1-11-9-13(20(22)23)4-5-14(11)18-16(21)19-7-2-3-12(10-19)15-17-6-8-24-15/h4-6,8-9,12H,2-3,7,10H2,1H3,(H,18,21). The van der Waals surface area contributed by atoms with Crippen molar-refractivity contribution in [2.75, 3.05) is 18.4 Å². The van der Waals surface area contributed by atoms with Crippen LogP contribution in [0.15, 0.2) is 29.8 Å². The van der Waals surface area contributed by atoms with Gasteiger partial charge in [0.1, 0.15) is 0 Å². The molecule has 1 atom stereocenters. The lowest BCUT2D eigenvalue weighted by molar-refractivity contribution is -0.384. The van der Waals surface area contributed by atoms with E-state index in [2.05, 4.69) is 10.3 Å². The Balaban J connectivity index is 1.67. The number of hydrogen-bond donors (Lipinski definition) is 1. The fourth-order valence-electron chi connectivity index (χ4n) is 2.90. The van der Waals surface area contributed by atoms with Crippen LogP contribution in [0.1, 0.15) is 29.3 Å². The van der Waals surface area contributed by atoms with Crippen molar-refractivity contribution in [3.8, 4) is 0 Å². The highest BCUT2D eigenvalue weighted by Crippen LogP contribution is 2.29. The first-order valence-electron chi connectivity index (χ1n) is 7.75. The van der Waals surface area contributed by atoms with Crippen LogP contribution in [-0.4, -0.2) is 33.9 Å². The van der Waals surface area contributed by atoms with Gasteiger partial charge in [-0.2, -0.15) is 0 Å². The molecule has 1 aliphatic heterocycles. The first-order chi connectivity index (χ1) is 11.5. The van der Waals surface area contributed by atoms with Gasteiger partial charge in [0, 0.05) is 48.4 Å². The highest BCUT2D eigenvalue weighted by molar-refractivity contribution is 7.09. The van der Waals surface area contributed by atoms with Gasteiger partial charge < -0.3 is 10.2 Å². The van der Waals surface area contributed by atoms with Gasteiger partial charge in [0.25, 0.3) is 5.69 Å². The number of piperidine rings is 1. The summed E-state index contributed by atoms with van der Waals surface area (Å²) < 4.78 is 0. The Morgan fingerprint density at radius 1 is 1.50 bits per heavy atom. The molecule has 8 heteroatoms. The minimum absolute atomic E-state index is 0.0207. The fraction of sp³-hybridized carbons (Fsp3) is 0.375. The lowest BCUT2D eigenvalue weighted by atomic mass is 9.99. The van der Waals surface area contributed by atoms with E-state index < -0.39 is 4.92 Å². The Morgan fingerprint density at radius 2 is 2.33 bits per heavy atom. The van der Waals surface area contributed by atoms with Gasteiger partial charge in [0.05, 0.1) is 9.93 Å². The van der Waals surface area contributed by atoms with Crippen LogP contribution in [0.4, 0.5) is 16.2 Å². The summed E-state index contributed by atoms with van der Waals surface area (Å²) in [6, 6.07) is 4.27. The second kappa shape index (κ2) is 6.96. The number of nitrogens with zero attached hydrogens (tertiary/aromatic N) is 3. The molecule has 0 bridgehead atoms. The van der Waals surface area contributed by atoms with Crippen molar-refractivity contribution in [2.45, 2.75) is 25.7 Å². The minimum Gasteiger partial charge on any atom is -0.324 e. The highest BCUT2D eigenvalue weighted by atomic mass is 32.1. The monoisotopic (exact) mass is 346 g/mol. The quantitative estimate of drug-likeness (QED) is 0.677. The summed E-state index contributed by atoms with van der Waals surface area (Å²) in [5, 5.41) is 16.7. The molecule has 1 aliphatic rings. The third-order valence-electron chi connectivity index (χ3n) is 4.17. The van der Waals surface area contributed by atoms with E-state index in [9.17, 15) is 14.9 Å². The first-order valence-corrected chi connectivity index (χ1v) is 8.63. The Labute approximate surface area is 143 Å². The van der Waals surface area contributed by atoms with Crippen LogP contribution in [0.25, 0.3) is 0 Å². The number of thiazole rings is 1. The van der Waals surface area contributed by atoms with Crippen molar-refractivity contribution in [1.29, 1.82) is 0 Å². The predicted molar refractivity (Wildman–Crippen MR) is 92.5 cm³/mol. The van der Waals surface area contributed by atoms with E-state index in [1.165, 1.54) is 12.1 Å². The summed E-state index contributed by atoms with van der Waals surface area (Å²) in [5.74, 6) is 0.280. The molecule has 2 heterocycles. The summed E-state index contributed by atoms with van der Waals surface area (Å²) in [7, 11) is 0. The van der Waals surface area contributed by atoms with Crippen molar-refractivity contribution in [2.24, 2.45) is 0 Å². The molecule has 1 aromatic carbocycles. The van der Waals surface area contributed by atoms with Crippen LogP contribution in [0.5, 0.6) is 0 Å². The minimum atomic E-state index is -0.443. The van der Waals surface area contributed by atoms with Crippen LogP contribution in [-0.2, 0) is 0 Å².